The van der Waals surface area contributed by atoms with Gasteiger partial charge in [-0.2, -0.15) is 0 Å². The Kier molecular flexibility index (Phi) is 3.24. The van der Waals surface area contributed by atoms with E-state index in [1.165, 1.54) is 25.9 Å². The topological polar surface area (TPSA) is 32.3 Å². The zero-order valence-corrected chi connectivity index (χ0v) is 10.8. The van der Waals surface area contributed by atoms with E-state index in [1.54, 1.807) is 0 Å². The van der Waals surface area contributed by atoms with Crippen LogP contribution in [0.25, 0.3) is 0 Å². The van der Waals surface area contributed by atoms with Crippen LogP contribution in [0.5, 0.6) is 0 Å². The van der Waals surface area contributed by atoms with Crippen molar-refractivity contribution < 1.29 is 4.79 Å². The third-order valence-corrected chi connectivity index (χ3v) is 3.79. The van der Waals surface area contributed by atoms with E-state index in [0.717, 1.165) is 18.9 Å². The standard InChI is InChI=1S/C13H24N2O/c1-13(2,3)12(16)14-11-5-4-10-6-7-15(8-10)9-11/h10-11H,4-9H2,1-3H3,(H,14,16)/t10?,11-/m1/s1. The Hall–Kier alpha value is -0.570. The van der Waals surface area contributed by atoms with Crippen LogP contribution in [0, 0.1) is 11.3 Å². The average molecular weight is 224 g/mol. The Morgan fingerprint density at radius 2 is 1.94 bits per heavy atom. The molecule has 2 rings (SSSR count). The minimum atomic E-state index is -0.263. The molecule has 2 saturated heterocycles. The van der Waals surface area contributed by atoms with Crippen molar-refractivity contribution in [1.29, 1.82) is 0 Å². The van der Waals surface area contributed by atoms with Crippen molar-refractivity contribution in [3.63, 3.8) is 0 Å². The highest BCUT2D eigenvalue weighted by Gasteiger charge is 2.31. The van der Waals surface area contributed by atoms with Crippen LogP contribution in [0.2, 0.25) is 0 Å². The minimum Gasteiger partial charge on any atom is -0.352 e. The SMILES string of the molecule is CC(C)(C)C(=O)N[C@@H]1CCC2CCN(C2)C1. The molecule has 3 heteroatoms. The van der Waals surface area contributed by atoms with Gasteiger partial charge in [-0.05, 0) is 31.7 Å². The van der Waals surface area contributed by atoms with Crippen LogP contribution in [-0.2, 0) is 4.79 Å². The number of nitrogens with zero attached hydrogens (tertiary/aromatic N) is 1. The number of carbonyl (C=O) groups excluding carboxylic acids is 1. The molecule has 0 saturated carbocycles. The molecule has 0 radical (unpaired) electrons. The predicted molar refractivity (Wildman–Crippen MR) is 65.2 cm³/mol. The van der Waals surface area contributed by atoms with Gasteiger partial charge in [-0.3, -0.25) is 4.79 Å². The van der Waals surface area contributed by atoms with Gasteiger partial charge < -0.3 is 10.2 Å². The number of hydrogen-bond donors (Lipinski definition) is 1. The van der Waals surface area contributed by atoms with Crippen molar-refractivity contribution in [1.82, 2.24) is 10.2 Å². The number of nitrogens with one attached hydrogen (secondary N) is 1. The van der Waals surface area contributed by atoms with E-state index in [2.05, 4.69) is 10.2 Å². The third kappa shape index (κ3) is 2.76. The van der Waals surface area contributed by atoms with Gasteiger partial charge in [0.1, 0.15) is 0 Å². The number of carbonyl (C=O) groups is 1. The monoisotopic (exact) mass is 224 g/mol. The molecule has 0 aromatic rings. The van der Waals surface area contributed by atoms with Crippen LogP contribution >= 0.6 is 0 Å². The summed E-state index contributed by atoms with van der Waals surface area (Å²) in [6, 6.07) is 0.372. The molecule has 0 aliphatic carbocycles. The average Bonchev–Trinajstić information content (AvgIpc) is 2.49. The normalized spacial score (nSPS) is 34.6. The van der Waals surface area contributed by atoms with Crippen molar-refractivity contribution in [2.45, 2.75) is 46.1 Å². The molecule has 2 heterocycles. The van der Waals surface area contributed by atoms with Crippen LogP contribution < -0.4 is 5.32 Å². The molecule has 3 nitrogen and oxygen atoms in total. The Morgan fingerprint density at radius 1 is 1.19 bits per heavy atom. The molecule has 2 bridgehead atoms. The second-order valence-electron chi connectivity index (χ2n) is 6.41. The fourth-order valence-electron chi connectivity index (χ4n) is 2.67. The van der Waals surface area contributed by atoms with Gasteiger partial charge in [0.2, 0.25) is 5.91 Å². The van der Waals surface area contributed by atoms with Crippen molar-refractivity contribution in [3.05, 3.63) is 0 Å². The minimum absolute atomic E-state index is 0.191. The summed E-state index contributed by atoms with van der Waals surface area (Å²) in [5, 5.41) is 3.20. The number of fused-ring (bicyclic) bond motifs is 2. The van der Waals surface area contributed by atoms with E-state index in [4.69, 9.17) is 0 Å². The molecule has 1 N–H and O–H groups in total. The molecule has 3 atom stereocenters. The first-order valence-corrected chi connectivity index (χ1v) is 6.48. The molecule has 2 fully saturated rings. The van der Waals surface area contributed by atoms with Gasteiger partial charge in [0.15, 0.2) is 0 Å². The van der Waals surface area contributed by atoms with E-state index < -0.39 is 0 Å². The van der Waals surface area contributed by atoms with Crippen molar-refractivity contribution in [2.24, 2.45) is 11.3 Å². The number of hydrogen-bond acceptors (Lipinski definition) is 2. The summed E-state index contributed by atoms with van der Waals surface area (Å²) in [4.78, 5) is 14.4. The van der Waals surface area contributed by atoms with Crippen LogP contribution in [0.1, 0.15) is 40.0 Å². The number of rotatable bonds is 1. The maximum Gasteiger partial charge on any atom is 0.225 e. The highest BCUT2D eigenvalue weighted by molar-refractivity contribution is 5.81. The molecule has 2 unspecified atom stereocenters. The van der Waals surface area contributed by atoms with Gasteiger partial charge in [-0.1, -0.05) is 20.8 Å². The first kappa shape index (κ1) is 11.9. The van der Waals surface area contributed by atoms with Gasteiger partial charge in [-0.25, -0.2) is 0 Å². The molecule has 0 aromatic heterocycles. The van der Waals surface area contributed by atoms with E-state index in [-0.39, 0.29) is 11.3 Å². The first-order valence-electron chi connectivity index (χ1n) is 6.48. The van der Waals surface area contributed by atoms with Gasteiger partial charge in [0.25, 0.3) is 0 Å². The Bertz CT molecular complexity index is 270. The summed E-state index contributed by atoms with van der Waals surface area (Å²) in [6.45, 7) is 9.47. The van der Waals surface area contributed by atoms with Crippen molar-refractivity contribution >= 4 is 5.91 Å². The molecular formula is C13H24N2O. The summed E-state index contributed by atoms with van der Waals surface area (Å²) in [7, 11) is 0. The summed E-state index contributed by atoms with van der Waals surface area (Å²) >= 11 is 0. The second kappa shape index (κ2) is 4.36. The molecule has 92 valence electrons. The Labute approximate surface area is 98.6 Å². The maximum atomic E-state index is 11.9. The van der Waals surface area contributed by atoms with Crippen LogP contribution in [0.4, 0.5) is 0 Å². The van der Waals surface area contributed by atoms with Crippen LogP contribution in [-0.4, -0.2) is 36.5 Å². The number of amides is 1. The zero-order valence-electron chi connectivity index (χ0n) is 10.8. The molecule has 0 spiro atoms. The molecule has 1 amide bonds. The van der Waals surface area contributed by atoms with Crippen LogP contribution in [0.3, 0.4) is 0 Å². The lowest BCUT2D eigenvalue weighted by molar-refractivity contribution is -0.129. The summed E-state index contributed by atoms with van der Waals surface area (Å²) in [6.07, 6.45) is 3.80. The summed E-state index contributed by atoms with van der Waals surface area (Å²) in [5.41, 5.74) is -0.263. The van der Waals surface area contributed by atoms with Crippen molar-refractivity contribution in [2.75, 3.05) is 19.6 Å². The Morgan fingerprint density at radius 3 is 2.62 bits per heavy atom. The molecular weight excluding hydrogens is 200 g/mol. The van der Waals surface area contributed by atoms with Gasteiger partial charge in [0.05, 0.1) is 0 Å². The molecule has 2 aliphatic rings. The van der Waals surface area contributed by atoms with Gasteiger partial charge in [-0.15, -0.1) is 0 Å². The molecule has 16 heavy (non-hydrogen) atoms. The lowest BCUT2D eigenvalue weighted by Crippen LogP contribution is -2.46. The third-order valence-electron chi connectivity index (χ3n) is 3.79. The summed E-state index contributed by atoms with van der Waals surface area (Å²) < 4.78 is 0. The molecule has 2 aliphatic heterocycles. The van der Waals surface area contributed by atoms with E-state index >= 15 is 0 Å². The highest BCUT2D eigenvalue weighted by atomic mass is 16.2. The molecule has 0 aromatic carbocycles. The predicted octanol–water partition coefficient (Wildman–Crippen LogP) is 1.63. The second-order valence-corrected chi connectivity index (χ2v) is 6.41. The van der Waals surface area contributed by atoms with Gasteiger partial charge >= 0.3 is 0 Å². The van der Waals surface area contributed by atoms with Gasteiger partial charge in [0, 0.05) is 24.5 Å². The van der Waals surface area contributed by atoms with E-state index in [1.807, 2.05) is 20.8 Å². The first-order chi connectivity index (χ1) is 7.45. The zero-order chi connectivity index (χ0) is 11.8. The van der Waals surface area contributed by atoms with E-state index in [0.29, 0.717) is 6.04 Å². The smallest absolute Gasteiger partial charge is 0.225 e. The van der Waals surface area contributed by atoms with Crippen LogP contribution in [0.15, 0.2) is 0 Å². The summed E-state index contributed by atoms with van der Waals surface area (Å²) in [5.74, 6) is 1.08. The largest absolute Gasteiger partial charge is 0.352 e. The lowest BCUT2D eigenvalue weighted by atomic mass is 9.94. The van der Waals surface area contributed by atoms with E-state index in [9.17, 15) is 4.79 Å². The quantitative estimate of drug-likeness (QED) is 0.734. The highest BCUT2D eigenvalue weighted by Crippen LogP contribution is 2.26. The van der Waals surface area contributed by atoms with Crippen molar-refractivity contribution in [3.8, 4) is 0 Å². The fraction of sp³-hybridized carbons (Fsp3) is 0.923. The maximum absolute atomic E-state index is 11.9. The Balaban J connectivity index is 1.89. The lowest BCUT2D eigenvalue weighted by Gasteiger charge is -2.26. The fourth-order valence-corrected chi connectivity index (χ4v) is 2.67.